The number of nitrogens with one attached hydrogen (secondary N) is 2. The Morgan fingerprint density at radius 3 is 2.12 bits per heavy atom. The van der Waals surface area contributed by atoms with Crippen LogP contribution >= 0.6 is 11.6 Å². The molecule has 2 saturated heterocycles. The summed E-state index contributed by atoms with van der Waals surface area (Å²) in [5.41, 5.74) is 11.1. The molecule has 2 fully saturated rings. The zero-order valence-electron chi connectivity index (χ0n) is 18.3. The molecule has 0 spiro atoms. The van der Waals surface area contributed by atoms with Crippen LogP contribution in [-0.4, -0.2) is 25.0 Å². The van der Waals surface area contributed by atoms with E-state index in [0.717, 1.165) is 16.8 Å². The molecule has 0 radical (unpaired) electrons. The van der Waals surface area contributed by atoms with Crippen molar-refractivity contribution in [3.63, 3.8) is 0 Å². The van der Waals surface area contributed by atoms with Crippen LogP contribution in [0.3, 0.4) is 0 Å². The Morgan fingerprint density at radius 1 is 0.879 bits per heavy atom. The van der Waals surface area contributed by atoms with Crippen LogP contribution in [0.5, 0.6) is 0 Å². The second kappa shape index (κ2) is 8.63. The minimum Gasteiger partial charge on any atom is -0.465 e. The summed E-state index contributed by atoms with van der Waals surface area (Å²) in [4.78, 5) is 27.4. The molecule has 2 N–H and O–H groups in total. The predicted octanol–water partition coefficient (Wildman–Crippen LogP) is 4.36. The van der Waals surface area contributed by atoms with Crippen molar-refractivity contribution >= 4 is 29.2 Å². The zero-order chi connectivity index (χ0) is 23.1. The number of hydrazine groups is 1. The maximum Gasteiger partial charge on any atom is 0.337 e. The SMILES string of the molecule is COC(=O)c1ccc(C2C3C(NNC3c3ccc(C)cc3)C(=O)N2c2ccc(Cl)cc2)cc1. The van der Waals surface area contributed by atoms with Gasteiger partial charge in [-0.1, -0.05) is 53.6 Å². The third kappa shape index (κ3) is 3.80. The highest BCUT2D eigenvalue weighted by molar-refractivity contribution is 6.30. The highest BCUT2D eigenvalue weighted by Crippen LogP contribution is 2.49. The number of esters is 1. The first-order valence-electron chi connectivity index (χ1n) is 10.8. The van der Waals surface area contributed by atoms with Gasteiger partial charge in [-0.3, -0.25) is 4.79 Å². The molecule has 6 nitrogen and oxygen atoms in total. The Bertz CT molecular complexity index is 1180. The molecule has 5 rings (SSSR count). The number of hydrogen-bond donors (Lipinski definition) is 2. The number of anilines is 1. The molecule has 168 valence electrons. The summed E-state index contributed by atoms with van der Waals surface area (Å²) in [6.07, 6.45) is 0. The van der Waals surface area contributed by atoms with E-state index in [-0.39, 0.29) is 23.9 Å². The summed E-state index contributed by atoms with van der Waals surface area (Å²) in [7, 11) is 1.36. The first-order chi connectivity index (χ1) is 16.0. The molecule has 1 amide bonds. The molecular formula is C26H24ClN3O3. The first-order valence-corrected chi connectivity index (χ1v) is 11.2. The van der Waals surface area contributed by atoms with Crippen molar-refractivity contribution in [2.24, 2.45) is 5.92 Å². The molecule has 4 atom stereocenters. The minimum atomic E-state index is -0.391. The lowest BCUT2D eigenvalue weighted by atomic mass is 9.83. The van der Waals surface area contributed by atoms with Gasteiger partial charge in [-0.05, 0) is 54.4 Å². The highest BCUT2D eigenvalue weighted by Gasteiger charge is 2.55. The Hall–Kier alpha value is -3.19. The van der Waals surface area contributed by atoms with Gasteiger partial charge in [-0.2, -0.15) is 0 Å². The minimum absolute atomic E-state index is 0.00789. The normalized spacial score (nSPS) is 24.1. The largest absolute Gasteiger partial charge is 0.465 e. The van der Waals surface area contributed by atoms with Gasteiger partial charge in [0.15, 0.2) is 0 Å². The summed E-state index contributed by atoms with van der Waals surface area (Å²) in [6, 6.07) is 22.3. The van der Waals surface area contributed by atoms with Gasteiger partial charge in [0.25, 0.3) is 0 Å². The fourth-order valence-electron chi connectivity index (χ4n) is 4.89. The molecule has 2 heterocycles. The van der Waals surface area contributed by atoms with Gasteiger partial charge in [0.1, 0.15) is 6.04 Å². The molecule has 0 saturated carbocycles. The van der Waals surface area contributed by atoms with E-state index in [1.165, 1.54) is 12.7 Å². The molecule has 0 aromatic heterocycles. The van der Waals surface area contributed by atoms with Gasteiger partial charge < -0.3 is 9.64 Å². The van der Waals surface area contributed by atoms with E-state index in [0.29, 0.717) is 10.6 Å². The molecule has 0 bridgehead atoms. The van der Waals surface area contributed by atoms with Crippen molar-refractivity contribution < 1.29 is 14.3 Å². The maximum absolute atomic E-state index is 13.6. The molecule has 2 aliphatic rings. The number of carbonyl (C=O) groups excluding carboxylic acids is 2. The Balaban J connectivity index is 1.60. The molecule has 4 unspecified atom stereocenters. The fraction of sp³-hybridized carbons (Fsp3) is 0.231. The number of carbonyl (C=O) groups is 2. The van der Waals surface area contributed by atoms with Gasteiger partial charge in [0, 0.05) is 16.6 Å². The van der Waals surface area contributed by atoms with Crippen molar-refractivity contribution in [2.75, 3.05) is 12.0 Å². The average Bonchev–Trinajstić information content (AvgIpc) is 3.39. The van der Waals surface area contributed by atoms with Gasteiger partial charge in [0.2, 0.25) is 5.91 Å². The number of benzene rings is 3. The van der Waals surface area contributed by atoms with E-state index in [4.69, 9.17) is 16.3 Å². The van der Waals surface area contributed by atoms with Crippen molar-refractivity contribution in [2.45, 2.75) is 25.0 Å². The zero-order valence-corrected chi connectivity index (χ0v) is 19.0. The topological polar surface area (TPSA) is 70.7 Å². The third-order valence-electron chi connectivity index (χ3n) is 6.52. The number of methoxy groups -OCH3 is 1. The number of hydrogen-bond acceptors (Lipinski definition) is 5. The van der Waals surface area contributed by atoms with Crippen LogP contribution in [0.4, 0.5) is 5.69 Å². The van der Waals surface area contributed by atoms with Gasteiger partial charge in [0.05, 0.1) is 24.8 Å². The number of rotatable bonds is 4. The van der Waals surface area contributed by atoms with Crippen molar-refractivity contribution in [1.82, 2.24) is 10.9 Å². The van der Waals surface area contributed by atoms with E-state index in [1.807, 2.05) is 29.2 Å². The molecule has 3 aromatic carbocycles. The van der Waals surface area contributed by atoms with Gasteiger partial charge >= 0.3 is 5.97 Å². The number of aryl methyl sites for hydroxylation is 1. The molecule has 7 heteroatoms. The molecule has 0 aliphatic carbocycles. The van der Waals surface area contributed by atoms with Crippen LogP contribution < -0.4 is 15.8 Å². The summed E-state index contributed by atoms with van der Waals surface area (Å²) >= 11 is 6.11. The van der Waals surface area contributed by atoms with Crippen LogP contribution in [0.1, 0.15) is 39.1 Å². The second-order valence-corrected chi connectivity index (χ2v) is 8.91. The summed E-state index contributed by atoms with van der Waals surface area (Å²) < 4.78 is 4.84. The average molecular weight is 462 g/mol. The molecular weight excluding hydrogens is 438 g/mol. The van der Waals surface area contributed by atoms with Crippen LogP contribution in [0.25, 0.3) is 0 Å². The van der Waals surface area contributed by atoms with E-state index >= 15 is 0 Å². The van der Waals surface area contributed by atoms with Crippen LogP contribution in [0.2, 0.25) is 5.02 Å². The smallest absolute Gasteiger partial charge is 0.337 e. The molecule has 33 heavy (non-hydrogen) atoms. The number of ether oxygens (including phenoxy) is 1. The number of fused-ring (bicyclic) bond motifs is 1. The summed E-state index contributed by atoms with van der Waals surface area (Å²) in [5, 5.41) is 0.613. The van der Waals surface area contributed by atoms with Gasteiger partial charge in [-0.15, -0.1) is 0 Å². The van der Waals surface area contributed by atoms with Crippen molar-refractivity contribution in [3.05, 3.63) is 100 Å². The fourth-order valence-corrected chi connectivity index (χ4v) is 5.01. The lowest BCUT2D eigenvalue weighted by Crippen LogP contribution is -2.41. The first kappa shape index (κ1) is 21.6. The van der Waals surface area contributed by atoms with E-state index < -0.39 is 12.0 Å². The van der Waals surface area contributed by atoms with Crippen molar-refractivity contribution in [1.29, 1.82) is 0 Å². The number of halogens is 1. The second-order valence-electron chi connectivity index (χ2n) is 8.48. The lowest BCUT2D eigenvalue weighted by Gasteiger charge is -2.31. The number of amides is 1. The summed E-state index contributed by atoms with van der Waals surface area (Å²) in [5.74, 6) is -0.468. The van der Waals surface area contributed by atoms with E-state index in [2.05, 4.69) is 42.0 Å². The van der Waals surface area contributed by atoms with Crippen LogP contribution in [0.15, 0.2) is 72.8 Å². The summed E-state index contributed by atoms with van der Waals surface area (Å²) in [6.45, 7) is 2.06. The monoisotopic (exact) mass is 461 g/mol. The lowest BCUT2D eigenvalue weighted by molar-refractivity contribution is -0.119. The van der Waals surface area contributed by atoms with Crippen LogP contribution in [0, 0.1) is 12.8 Å². The maximum atomic E-state index is 13.6. The van der Waals surface area contributed by atoms with Crippen molar-refractivity contribution in [3.8, 4) is 0 Å². The molecule has 3 aromatic rings. The standard InChI is InChI=1S/C26H24ClN3O3/c1-15-3-5-16(6-4-15)22-21-23(29-28-22)25(31)30(20-13-11-19(27)12-14-20)24(21)17-7-9-18(10-8-17)26(32)33-2/h3-14,21-24,28-29H,1-2H3. The Kier molecular flexibility index (Phi) is 5.66. The van der Waals surface area contributed by atoms with Gasteiger partial charge in [-0.25, -0.2) is 15.6 Å². The quantitative estimate of drug-likeness (QED) is 0.565. The highest BCUT2D eigenvalue weighted by atomic mass is 35.5. The van der Waals surface area contributed by atoms with Crippen LogP contribution in [-0.2, 0) is 9.53 Å². The van der Waals surface area contributed by atoms with E-state index in [1.54, 1.807) is 24.3 Å². The number of nitrogens with zero attached hydrogens (tertiary/aromatic N) is 1. The predicted molar refractivity (Wildman–Crippen MR) is 127 cm³/mol. The Labute approximate surface area is 197 Å². The molecule has 2 aliphatic heterocycles. The Morgan fingerprint density at radius 2 is 1.48 bits per heavy atom. The van der Waals surface area contributed by atoms with E-state index in [9.17, 15) is 9.59 Å². The third-order valence-corrected chi connectivity index (χ3v) is 6.78.